The molecule has 3 rings (SSSR count). The molecule has 1 saturated carbocycles. The number of fused-ring (bicyclic) bond motifs is 2. The summed E-state index contributed by atoms with van der Waals surface area (Å²) in [7, 11) is 3.10. The normalized spacial score (nSPS) is 28.2. The maximum atomic E-state index is 12.1. The minimum absolute atomic E-state index is 0.0730. The standard InChI is InChI=1S/C14H15NO4/c1-15-7-14(6-11(14)13(18)19-2)10-5-8(16)3-4-9(10)12(15)17/h3-5,11,16H,6-7H2,1-2H3/t11-,14-/m0/s1. The van der Waals surface area contributed by atoms with Crippen molar-refractivity contribution in [2.45, 2.75) is 11.8 Å². The van der Waals surface area contributed by atoms with Crippen LogP contribution in [0, 0.1) is 5.92 Å². The van der Waals surface area contributed by atoms with Gasteiger partial charge in [0.2, 0.25) is 0 Å². The highest BCUT2D eigenvalue weighted by atomic mass is 16.5. The number of nitrogens with zero attached hydrogens (tertiary/aromatic N) is 1. The highest BCUT2D eigenvalue weighted by Crippen LogP contribution is 2.58. The quantitative estimate of drug-likeness (QED) is 0.763. The van der Waals surface area contributed by atoms with Crippen molar-refractivity contribution in [1.29, 1.82) is 0 Å². The zero-order chi connectivity index (χ0) is 13.8. The molecule has 19 heavy (non-hydrogen) atoms. The molecule has 1 amide bonds. The second-order valence-electron chi connectivity index (χ2n) is 5.33. The Labute approximate surface area is 110 Å². The van der Waals surface area contributed by atoms with Crippen LogP contribution in [0.3, 0.4) is 0 Å². The highest BCUT2D eigenvalue weighted by molar-refractivity contribution is 5.99. The number of rotatable bonds is 1. The Kier molecular flexibility index (Phi) is 2.36. The van der Waals surface area contributed by atoms with Gasteiger partial charge >= 0.3 is 5.97 Å². The summed E-state index contributed by atoms with van der Waals surface area (Å²) < 4.78 is 4.80. The smallest absolute Gasteiger partial charge is 0.309 e. The number of esters is 1. The zero-order valence-electron chi connectivity index (χ0n) is 10.8. The number of phenolic OH excluding ortho intramolecular Hbond substituents is 1. The predicted octanol–water partition coefficient (Wildman–Crippen LogP) is 0.908. The maximum absolute atomic E-state index is 12.1. The van der Waals surface area contributed by atoms with E-state index in [2.05, 4.69) is 0 Å². The molecule has 0 aromatic heterocycles. The van der Waals surface area contributed by atoms with Crippen LogP contribution in [0.2, 0.25) is 0 Å². The van der Waals surface area contributed by atoms with Crippen LogP contribution in [-0.2, 0) is 14.9 Å². The van der Waals surface area contributed by atoms with Crippen molar-refractivity contribution in [1.82, 2.24) is 4.90 Å². The SMILES string of the molecule is COC(=O)[C@@H]1C[C@@]12CN(C)C(=O)c1ccc(O)cc12. The molecule has 1 fully saturated rings. The van der Waals surface area contributed by atoms with E-state index in [-0.39, 0.29) is 29.0 Å². The van der Waals surface area contributed by atoms with Crippen molar-refractivity contribution < 1.29 is 19.4 Å². The van der Waals surface area contributed by atoms with Gasteiger partial charge in [0, 0.05) is 24.6 Å². The molecule has 0 bridgehead atoms. The minimum Gasteiger partial charge on any atom is -0.508 e. The first kappa shape index (κ1) is 12.0. The topological polar surface area (TPSA) is 66.8 Å². The van der Waals surface area contributed by atoms with E-state index in [0.29, 0.717) is 18.5 Å². The summed E-state index contributed by atoms with van der Waals surface area (Å²) in [5, 5.41) is 9.64. The Morgan fingerprint density at radius 3 is 2.95 bits per heavy atom. The number of carbonyl (C=O) groups is 2. The van der Waals surface area contributed by atoms with E-state index in [9.17, 15) is 14.7 Å². The second-order valence-corrected chi connectivity index (χ2v) is 5.33. The molecule has 100 valence electrons. The van der Waals surface area contributed by atoms with Crippen molar-refractivity contribution >= 4 is 11.9 Å². The van der Waals surface area contributed by atoms with Crippen LogP contribution in [0.4, 0.5) is 0 Å². The number of benzene rings is 1. The van der Waals surface area contributed by atoms with Crippen LogP contribution in [0.1, 0.15) is 22.3 Å². The number of methoxy groups -OCH3 is 1. The zero-order valence-corrected chi connectivity index (χ0v) is 10.8. The number of likely N-dealkylation sites (N-methyl/N-ethyl adjacent to an activating group) is 1. The van der Waals surface area contributed by atoms with E-state index < -0.39 is 0 Å². The Morgan fingerprint density at radius 1 is 1.53 bits per heavy atom. The van der Waals surface area contributed by atoms with E-state index in [0.717, 1.165) is 5.56 Å². The predicted molar refractivity (Wildman–Crippen MR) is 66.9 cm³/mol. The van der Waals surface area contributed by atoms with Crippen LogP contribution in [0.25, 0.3) is 0 Å². The number of hydrogen-bond donors (Lipinski definition) is 1. The molecule has 0 radical (unpaired) electrons. The lowest BCUT2D eigenvalue weighted by atomic mass is 9.84. The van der Waals surface area contributed by atoms with Gasteiger partial charge in [0.15, 0.2) is 0 Å². The van der Waals surface area contributed by atoms with Gasteiger partial charge in [-0.1, -0.05) is 0 Å². The van der Waals surface area contributed by atoms with Crippen molar-refractivity contribution in [3.8, 4) is 5.75 Å². The summed E-state index contributed by atoms with van der Waals surface area (Å²) in [4.78, 5) is 25.5. The number of aromatic hydroxyl groups is 1. The van der Waals surface area contributed by atoms with Gasteiger partial charge in [0.1, 0.15) is 5.75 Å². The fourth-order valence-electron chi connectivity index (χ4n) is 3.15. The van der Waals surface area contributed by atoms with Crippen molar-refractivity contribution in [3.05, 3.63) is 29.3 Å². The van der Waals surface area contributed by atoms with Crippen molar-refractivity contribution in [2.75, 3.05) is 20.7 Å². The first-order valence-electron chi connectivity index (χ1n) is 6.16. The highest BCUT2D eigenvalue weighted by Gasteiger charge is 2.63. The third-order valence-corrected chi connectivity index (χ3v) is 4.20. The molecule has 1 aromatic rings. The molecule has 1 spiro atoms. The molecule has 1 N–H and O–H groups in total. The summed E-state index contributed by atoms with van der Waals surface area (Å²) in [6.45, 7) is 0.488. The summed E-state index contributed by atoms with van der Waals surface area (Å²) in [6, 6.07) is 4.72. The maximum Gasteiger partial charge on any atom is 0.309 e. The summed E-state index contributed by atoms with van der Waals surface area (Å²) >= 11 is 0. The minimum atomic E-state index is -0.385. The average Bonchev–Trinajstić information content (AvgIpc) is 3.10. The first-order chi connectivity index (χ1) is 8.99. The molecule has 0 unspecified atom stereocenters. The Bertz CT molecular complexity index is 583. The van der Waals surface area contributed by atoms with Gasteiger partial charge in [-0.2, -0.15) is 0 Å². The Morgan fingerprint density at radius 2 is 2.26 bits per heavy atom. The van der Waals surface area contributed by atoms with Gasteiger partial charge in [-0.15, -0.1) is 0 Å². The molecular weight excluding hydrogens is 246 g/mol. The summed E-state index contributed by atoms with van der Waals surface area (Å²) in [5.74, 6) is -0.437. The summed E-state index contributed by atoms with van der Waals surface area (Å²) in [5.41, 5.74) is 0.952. The van der Waals surface area contributed by atoms with E-state index in [1.807, 2.05) is 0 Å². The fourth-order valence-corrected chi connectivity index (χ4v) is 3.15. The third kappa shape index (κ3) is 1.54. The molecule has 1 heterocycles. The van der Waals surface area contributed by atoms with Crippen LogP contribution < -0.4 is 0 Å². The van der Waals surface area contributed by atoms with Gasteiger partial charge in [-0.3, -0.25) is 9.59 Å². The monoisotopic (exact) mass is 261 g/mol. The number of hydrogen-bond acceptors (Lipinski definition) is 4. The van der Waals surface area contributed by atoms with Gasteiger partial charge in [-0.25, -0.2) is 0 Å². The van der Waals surface area contributed by atoms with Gasteiger partial charge in [0.25, 0.3) is 5.91 Å². The second kappa shape index (κ2) is 3.73. The largest absolute Gasteiger partial charge is 0.508 e. The molecule has 2 aliphatic rings. The van der Waals surface area contributed by atoms with Gasteiger partial charge < -0.3 is 14.7 Å². The Hall–Kier alpha value is -2.04. The van der Waals surface area contributed by atoms with Crippen LogP contribution >= 0.6 is 0 Å². The van der Waals surface area contributed by atoms with Crippen LogP contribution in [0.5, 0.6) is 5.75 Å². The molecule has 2 atom stereocenters. The Balaban J connectivity index is 2.10. The first-order valence-corrected chi connectivity index (χ1v) is 6.16. The van der Waals surface area contributed by atoms with Gasteiger partial charge in [0.05, 0.1) is 13.0 Å². The van der Waals surface area contributed by atoms with Gasteiger partial charge in [-0.05, 0) is 30.2 Å². The molecule has 5 heteroatoms. The molecule has 1 aromatic carbocycles. The average molecular weight is 261 g/mol. The lowest BCUT2D eigenvalue weighted by Gasteiger charge is -2.32. The van der Waals surface area contributed by atoms with E-state index in [1.165, 1.54) is 13.2 Å². The lowest BCUT2D eigenvalue weighted by molar-refractivity contribution is -0.142. The van der Waals surface area contributed by atoms with Crippen molar-refractivity contribution in [3.63, 3.8) is 0 Å². The van der Waals surface area contributed by atoms with Crippen molar-refractivity contribution in [2.24, 2.45) is 5.92 Å². The molecule has 1 aliphatic carbocycles. The van der Waals surface area contributed by atoms with E-state index in [1.54, 1.807) is 24.1 Å². The van der Waals surface area contributed by atoms with Crippen LogP contribution in [0.15, 0.2) is 18.2 Å². The molecule has 5 nitrogen and oxygen atoms in total. The number of phenols is 1. The lowest BCUT2D eigenvalue weighted by Crippen LogP contribution is -2.42. The molecule has 1 aliphatic heterocycles. The third-order valence-electron chi connectivity index (χ3n) is 4.20. The van der Waals surface area contributed by atoms with E-state index >= 15 is 0 Å². The van der Waals surface area contributed by atoms with Crippen LogP contribution in [-0.4, -0.2) is 42.6 Å². The molecular formula is C14H15NO4. The fraction of sp³-hybridized carbons (Fsp3) is 0.429. The summed E-state index contributed by atoms with van der Waals surface area (Å²) in [6.07, 6.45) is 0.660. The molecule has 0 saturated heterocycles. The number of amides is 1. The van der Waals surface area contributed by atoms with E-state index in [4.69, 9.17) is 4.74 Å². The number of carbonyl (C=O) groups excluding carboxylic acids is 2. The number of ether oxygens (including phenoxy) is 1.